The predicted octanol–water partition coefficient (Wildman–Crippen LogP) is 3.63. The summed E-state index contributed by atoms with van der Waals surface area (Å²) in [6.07, 6.45) is 3.34. The van der Waals surface area contributed by atoms with Crippen molar-refractivity contribution in [2.75, 3.05) is 20.3 Å². The quantitative estimate of drug-likeness (QED) is 0.746. The number of fused-ring (bicyclic) bond motifs is 1. The maximum absolute atomic E-state index is 13.8. The lowest BCUT2D eigenvalue weighted by Gasteiger charge is -2.51. The minimum atomic E-state index is -1.38. The molecule has 144 valence electrons. The summed E-state index contributed by atoms with van der Waals surface area (Å²) in [5.74, 6) is -1.12. The van der Waals surface area contributed by atoms with Crippen LogP contribution in [0.1, 0.15) is 45.1 Å². The van der Waals surface area contributed by atoms with Gasteiger partial charge in [0.2, 0.25) is 0 Å². The Morgan fingerprint density at radius 2 is 1.96 bits per heavy atom. The van der Waals surface area contributed by atoms with Crippen molar-refractivity contribution in [1.82, 2.24) is 4.90 Å². The zero-order valence-corrected chi connectivity index (χ0v) is 15.6. The number of carbonyl (C=O) groups excluding carboxylic acids is 1. The smallest absolute Gasteiger partial charge is 0.259 e. The van der Waals surface area contributed by atoms with Crippen molar-refractivity contribution in [3.63, 3.8) is 0 Å². The van der Waals surface area contributed by atoms with Gasteiger partial charge in [0, 0.05) is 26.3 Å². The van der Waals surface area contributed by atoms with Crippen molar-refractivity contribution in [3.05, 3.63) is 35.4 Å². The summed E-state index contributed by atoms with van der Waals surface area (Å²) in [7, 11) is 1.63. The van der Waals surface area contributed by atoms with Crippen LogP contribution in [0.3, 0.4) is 0 Å². The number of hydrogen-bond donors (Lipinski definition) is 0. The molecule has 0 N–H and O–H groups in total. The van der Waals surface area contributed by atoms with Crippen LogP contribution in [0.15, 0.2) is 18.2 Å². The van der Waals surface area contributed by atoms with Gasteiger partial charge in [0.05, 0.1) is 12.1 Å². The highest BCUT2D eigenvalue weighted by molar-refractivity contribution is 5.87. The molecule has 1 aromatic carbocycles. The van der Waals surface area contributed by atoms with E-state index in [2.05, 4.69) is 6.92 Å². The van der Waals surface area contributed by atoms with Crippen LogP contribution < -0.4 is 0 Å². The van der Waals surface area contributed by atoms with Crippen molar-refractivity contribution in [2.45, 2.75) is 57.3 Å². The van der Waals surface area contributed by atoms with E-state index in [0.29, 0.717) is 25.5 Å². The van der Waals surface area contributed by atoms with E-state index in [1.165, 1.54) is 12.1 Å². The summed E-state index contributed by atoms with van der Waals surface area (Å²) in [5.41, 5.74) is -1.15. The molecule has 4 nitrogen and oxygen atoms in total. The van der Waals surface area contributed by atoms with Crippen molar-refractivity contribution in [3.8, 4) is 0 Å². The number of carbonyl (C=O) groups is 1. The Kier molecular flexibility index (Phi) is 5.63. The van der Waals surface area contributed by atoms with Crippen molar-refractivity contribution >= 4 is 5.91 Å². The number of methoxy groups -OCH3 is 1. The van der Waals surface area contributed by atoms with E-state index >= 15 is 0 Å². The molecule has 0 aromatic heterocycles. The summed E-state index contributed by atoms with van der Waals surface area (Å²) < 4.78 is 38.9. The van der Waals surface area contributed by atoms with Crippen LogP contribution in [0, 0.1) is 17.6 Å². The molecule has 1 saturated carbocycles. The topological polar surface area (TPSA) is 38.8 Å². The highest BCUT2D eigenvalue weighted by Gasteiger charge is 2.52. The molecule has 1 aliphatic carbocycles. The minimum Gasteiger partial charge on any atom is -0.385 e. The van der Waals surface area contributed by atoms with Crippen LogP contribution in [0.5, 0.6) is 0 Å². The number of ether oxygens (including phenoxy) is 2. The average molecular weight is 367 g/mol. The van der Waals surface area contributed by atoms with E-state index in [4.69, 9.17) is 9.47 Å². The SMILES string of the molecule is COCCCN1C(=O)C(C)(c2cc(F)cc(F)c2)O[C@H]2CC[C@@H](C)CC21. The van der Waals surface area contributed by atoms with Gasteiger partial charge in [0.15, 0.2) is 5.60 Å². The number of morpholine rings is 1. The molecule has 0 radical (unpaired) electrons. The van der Waals surface area contributed by atoms with E-state index in [1.54, 1.807) is 14.0 Å². The second-order valence-electron chi connectivity index (χ2n) is 7.68. The molecule has 1 heterocycles. The Morgan fingerprint density at radius 3 is 2.62 bits per heavy atom. The number of rotatable bonds is 5. The molecule has 1 aromatic rings. The van der Waals surface area contributed by atoms with Crippen LogP contribution in [0.25, 0.3) is 0 Å². The Balaban J connectivity index is 1.94. The van der Waals surface area contributed by atoms with Crippen LogP contribution in [-0.2, 0) is 19.9 Å². The van der Waals surface area contributed by atoms with Gasteiger partial charge in [0.25, 0.3) is 5.91 Å². The van der Waals surface area contributed by atoms with Gasteiger partial charge in [0.1, 0.15) is 11.6 Å². The van der Waals surface area contributed by atoms with Gasteiger partial charge in [-0.1, -0.05) is 6.92 Å². The first-order chi connectivity index (χ1) is 12.3. The summed E-state index contributed by atoms with van der Waals surface area (Å²) in [6.45, 7) is 4.92. The molecule has 3 rings (SSSR count). The Hall–Kier alpha value is -1.53. The Morgan fingerprint density at radius 1 is 1.27 bits per heavy atom. The van der Waals surface area contributed by atoms with Gasteiger partial charge in [-0.2, -0.15) is 0 Å². The van der Waals surface area contributed by atoms with Gasteiger partial charge in [-0.05, 0) is 56.2 Å². The van der Waals surface area contributed by atoms with E-state index in [1.807, 2.05) is 4.90 Å². The Bertz CT molecular complexity index is 648. The van der Waals surface area contributed by atoms with E-state index in [0.717, 1.165) is 25.3 Å². The number of benzene rings is 1. The third-order valence-electron chi connectivity index (χ3n) is 5.63. The summed E-state index contributed by atoms with van der Waals surface area (Å²) >= 11 is 0. The first-order valence-corrected chi connectivity index (χ1v) is 9.29. The zero-order valence-electron chi connectivity index (χ0n) is 15.6. The first-order valence-electron chi connectivity index (χ1n) is 9.29. The lowest BCUT2D eigenvalue weighted by molar-refractivity contribution is -0.205. The van der Waals surface area contributed by atoms with Gasteiger partial charge in [-0.3, -0.25) is 4.79 Å². The third-order valence-corrected chi connectivity index (χ3v) is 5.63. The van der Waals surface area contributed by atoms with Gasteiger partial charge < -0.3 is 14.4 Å². The minimum absolute atomic E-state index is 0.00888. The standard InChI is InChI=1S/C20H27F2NO3/c1-13-5-6-18-17(9-13)23(7-4-8-25-3)19(24)20(2,26-18)14-10-15(21)12-16(22)11-14/h10-13,17-18H,4-9H2,1-3H3/t13-,17?,18+,20?/m1/s1. The lowest BCUT2D eigenvalue weighted by atomic mass is 9.80. The highest BCUT2D eigenvalue weighted by atomic mass is 19.1. The fourth-order valence-electron chi connectivity index (χ4n) is 4.23. The second-order valence-corrected chi connectivity index (χ2v) is 7.68. The normalized spacial score (nSPS) is 31.8. The number of hydrogen-bond acceptors (Lipinski definition) is 3. The molecule has 0 bridgehead atoms. The fraction of sp³-hybridized carbons (Fsp3) is 0.650. The van der Waals surface area contributed by atoms with E-state index in [9.17, 15) is 13.6 Å². The molecule has 0 spiro atoms. The number of amides is 1. The molecular formula is C20H27F2NO3. The third kappa shape index (κ3) is 3.62. The van der Waals surface area contributed by atoms with E-state index < -0.39 is 17.2 Å². The van der Waals surface area contributed by atoms with Crippen LogP contribution >= 0.6 is 0 Å². The Labute approximate surface area is 153 Å². The summed E-state index contributed by atoms with van der Waals surface area (Å²) in [6, 6.07) is 3.21. The molecule has 2 fully saturated rings. The molecule has 26 heavy (non-hydrogen) atoms. The molecule has 2 unspecified atom stereocenters. The lowest BCUT2D eigenvalue weighted by Crippen LogP contribution is -2.63. The maximum atomic E-state index is 13.8. The molecule has 6 heteroatoms. The summed E-state index contributed by atoms with van der Waals surface area (Å²) in [4.78, 5) is 15.2. The van der Waals surface area contributed by atoms with Crippen molar-refractivity contribution in [1.29, 1.82) is 0 Å². The zero-order chi connectivity index (χ0) is 18.9. The molecule has 1 saturated heterocycles. The number of nitrogens with zero attached hydrogens (tertiary/aromatic N) is 1. The predicted molar refractivity (Wildman–Crippen MR) is 93.6 cm³/mol. The number of halogens is 2. The van der Waals surface area contributed by atoms with Crippen molar-refractivity contribution < 1.29 is 23.0 Å². The second kappa shape index (κ2) is 7.61. The van der Waals surface area contributed by atoms with E-state index in [-0.39, 0.29) is 23.6 Å². The summed E-state index contributed by atoms with van der Waals surface area (Å²) in [5, 5.41) is 0. The van der Waals surface area contributed by atoms with Gasteiger partial charge >= 0.3 is 0 Å². The molecule has 1 amide bonds. The molecular weight excluding hydrogens is 340 g/mol. The van der Waals surface area contributed by atoms with Crippen LogP contribution in [0.2, 0.25) is 0 Å². The van der Waals surface area contributed by atoms with Crippen molar-refractivity contribution in [2.24, 2.45) is 5.92 Å². The monoisotopic (exact) mass is 367 g/mol. The molecule has 1 aliphatic heterocycles. The molecule has 2 aliphatic rings. The van der Waals surface area contributed by atoms with Crippen LogP contribution in [0.4, 0.5) is 8.78 Å². The fourth-order valence-corrected chi connectivity index (χ4v) is 4.23. The average Bonchev–Trinajstić information content (AvgIpc) is 2.58. The van der Waals surface area contributed by atoms with Crippen LogP contribution in [-0.4, -0.2) is 43.2 Å². The van der Waals surface area contributed by atoms with Gasteiger partial charge in [-0.15, -0.1) is 0 Å². The highest BCUT2D eigenvalue weighted by Crippen LogP contribution is 2.42. The largest absolute Gasteiger partial charge is 0.385 e. The van der Waals surface area contributed by atoms with Gasteiger partial charge in [-0.25, -0.2) is 8.78 Å². The maximum Gasteiger partial charge on any atom is 0.259 e. The first kappa shape index (κ1) is 19.2. The molecule has 4 atom stereocenters.